The summed E-state index contributed by atoms with van der Waals surface area (Å²) in [6.07, 6.45) is 0. The summed E-state index contributed by atoms with van der Waals surface area (Å²) in [5.74, 6) is -0.682. The van der Waals surface area contributed by atoms with Crippen molar-refractivity contribution >= 4 is 5.69 Å². The van der Waals surface area contributed by atoms with Crippen molar-refractivity contribution in [3.8, 4) is 11.8 Å². The number of fused-ring (bicyclic) bond motifs is 1. The minimum absolute atomic E-state index is 0.0295. The molecule has 0 bridgehead atoms. The van der Waals surface area contributed by atoms with Gasteiger partial charge in [0.25, 0.3) is 5.56 Å². The molecule has 1 aromatic heterocycles. The summed E-state index contributed by atoms with van der Waals surface area (Å²) in [6.45, 7) is 2.14. The average molecular weight is 415 g/mol. The van der Waals surface area contributed by atoms with E-state index in [2.05, 4.69) is 0 Å². The maximum atomic E-state index is 13.6. The average Bonchev–Trinajstić information content (AvgIpc) is 2.76. The van der Waals surface area contributed by atoms with Gasteiger partial charge in [0, 0.05) is 11.8 Å². The van der Waals surface area contributed by atoms with E-state index in [1.54, 1.807) is 29.7 Å². The summed E-state index contributed by atoms with van der Waals surface area (Å²) >= 11 is 0. The van der Waals surface area contributed by atoms with E-state index in [4.69, 9.17) is 10.5 Å². The number of nitriles is 1. The third-order valence-electron chi connectivity index (χ3n) is 5.30. The summed E-state index contributed by atoms with van der Waals surface area (Å²) in [7, 11) is 0. The molecule has 156 valence electrons. The van der Waals surface area contributed by atoms with Crippen LogP contribution in [0.25, 0.3) is 0 Å². The second-order valence-corrected chi connectivity index (χ2v) is 7.23. The maximum Gasteiger partial charge on any atom is 0.259 e. The van der Waals surface area contributed by atoms with Crippen molar-refractivity contribution in [1.29, 1.82) is 5.26 Å². The molecule has 0 saturated carbocycles. The van der Waals surface area contributed by atoms with E-state index < -0.39 is 5.92 Å². The minimum atomic E-state index is -0.844. The summed E-state index contributed by atoms with van der Waals surface area (Å²) in [5.41, 5.74) is 8.04. The Morgan fingerprint density at radius 1 is 1.23 bits per heavy atom. The van der Waals surface area contributed by atoms with Crippen molar-refractivity contribution in [3.63, 3.8) is 0 Å². The van der Waals surface area contributed by atoms with Crippen LogP contribution in [0.5, 0.6) is 5.75 Å². The van der Waals surface area contributed by atoms with E-state index in [9.17, 15) is 20.5 Å². The summed E-state index contributed by atoms with van der Waals surface area (Å²) in [4.78, 5) is 13.6. The zero-order chi connectivity index (χ0) is 22.1. The molecule has 2 aromatic carbocycles. The Hall–Kier alpha value is -4.06. The highest BCUT2D eigenvalue weighted by atomic mass is 16.8. The molecule has 3 N–H and O–H groups in total. The first-order valence-corrected chi connectivity index (χ1v) is 9.52. The van der Waals surface area contributed by atoms with E-state index in [0.717, 1.165) is 5.56 Å². The molecule has 4 rings (SSSR count). The van der Waals surface area contributed by atoms with Gasteiger partial charge in [0.15, 0.2) is 0 Å². The van der Waals surface area contributed by atoms with Gasteiger partial charge in [-0.25, -0.2) is 0 Å². The zero-order valence-electron chi connectivity index (χ0n) is 16.6. The molecular formula is C23H19N4O4-. The molecule has 0 radical (unpaired) electrons. The van der Waals surface area contributed by atoms with Gasteiger partial charge in [0.1, 0.15) is 17.4 Å². The van der Waals surface area contributed by atoms with Gasteiger partial charge >= 0.3 is 0 Å². The number of rotatable bonds is 4. The van der Waals surface area contributed by atoms with Crippen LogP contribution >= 0.6 is 0 Å². The highest BCUT2D eigenvalue weighted by molar-refractivity contribution is 5.58. The van der Waals surface area contributed by atoms with Gasteiger partial charge in [0.2, 0.25) is 5.88 Å². The largest absolute Gasteiger partial charge is 0.733 e. The maximum absolute atomic E-state index is 13.6. The molecule has 3 aromatic rings. The molecule has 8 nitrogen and oxygen atoms in total. The number of nitrogens with zero attached hydrogens (tertiary/aromatic N) is 3. The Morgan fingerprint density at radius 3 is 2.65 bits per heavy atom. The SMILES string of the molecule is Cc1cc2c(c(=O)n1Cc1ccccc1)[C@@H](c1cccc(N([O-])O)c1)C(C#N)=C(N)O2. The predicted molar refractivity (Wildman–Crippen MR) is 114 cm³/mol. The Bertz CT molecular complexity index is 1270. The van der Waals surface area contributed by atoms with Gasteiger partial charge in [-0.05, 0) is 30.2 Å². The number of nitrogens with two attached hydrogens (primary N) is 1. The Kier molecular flexibility index (Phi) is 5.21. The van der Waals surface area contributed by atoms with Crippen molar-refractivity contribution in [2.24, 2.45) is 5.73 Å². The number of aromatic nitrogens is 1. The van der Waals surface area contributed by atoms with Crippen molar-refractivity contribution in [2.75, 3.05) is 5.23 Å². The normalized spacial score (nSPS) is 15.1. The van der Waals surface area contributed by atoms with Crippen LogP contribution in [0.4, 0.5) is 5.69 Å². The van der Waals surface area contributed by atoms with Crippen LogP contribution in [0.1, 0.15) is 28.3 Å². The van der Waals surface area contributed by atoms with Crippen LogP contribution in [0, 0.1) is 23.5 Å². The molecule has 0 aliphatic carbocycles. The lowest BCUT2D eigenvalue weighted by molar-refractivity contribution is 0.296. The van der Waals surface area contributed by atoms with Gasteiger partial charge < -0.3 is 25.5 Å². The molecule has 1 aliphatic rings. The second kappa shape index (κ2) is 7.99. The molecule has 0 amide bonds. The van der Waals surface area contributed by atoms with Crippen molar-refractivity contribution in [1.82, 2.24) is 4.57 Å². The van der Waals surface area contributed by atoms with Crippen LogP contribution in [0.3, 0.4) is 0 Å². The molecule has 0 saturated heterocycles. The van der Waals surface area contributed by atoms with Crippen LogP contribution in [0.2, 0.25) is 0 Å². The minimum Gasteiger partial charge on any atom is -0.733 e. The predicted octanol–water partition coefficient (Wildman–Crippen LogP) is 3.12. The van der Waals surface area contributed by atoms with Crippen LogP contribution in [-0.4, -0.2) is 9.77 Å². The molecule has 0 spiro atoms. The smallest absolute Gasteiger partial charge is 0.259 e. The number of hydrogen-bond donors (Lipinski definition) is 2. The fourth-order valence-electron chi connectivity index (χ4n) is 3.81. The highest BCUT2D eigenvalue weighted by Crippen LogP contribution is 2.41. The Morgan fingerprint density at radius 2 is 1.97 bits per heavy atom. The quantitative estimate of drug-likeness (QED) is 0.627. The van der Waals surface area contributed by atoms with E-state index in [0.29, 0.717) is 17.8 Å². The molecule has 8 heteroatoms. The lowest BCUT2D eigenvalue weighted by Crippen LogP contribution is -2.33. The molecule has 1 atom stereocenters. The third-order valence-corrected chi connectivity index (χ3v) is 5.30. The first-order valence-electron chi connectivity index (χ1n) is 9.52. The lowest BCUT2D eigenvalue weighted by atomic mass is 9.84. The zero-order valence-corrected chi connectivity index (χ0v) is 16.6. The summed E-state index contributed by atoms with van der Waals surface area (Å²) in [5, 5.41) is 30.2. The number of benzene rings is 2. The van der Waals surface area contributed by atoms with Crippen LogP contribution in [-0.2, 0) is 6.54 Å². The second-order valence-electron chi connectivity index (χ2n) is 7.23. The van der Waals surface area contributed by atoms with Crippen molar-refractivity contribution in [2.45, 2.75) is 19.4 Å². The topological polar surface area (TPSA) is 128 Å². The fourth-order valence-corrected chi connectivity index (χ4v) is 3.81. The van der Waals surface area contributed by atoms with Gasteiger partial charge in [-0.1, -0.05) is 42.5 Å². The summed E-state index contributed by atoms with van der Waals surface area (Å²) in [6, 6.07) is 19.3. The Labute approximate surface area is 178 Å². The Balaban J connectivity index is 1.93. The molecule has 0 unspecified atom stereocenters. The summed E-state index contributed by atoms with van der Waals surface area (Å²) < 4.78 is 7.24. The molecule has 1 aliphatic heterocycles. The monoisotopic (exact) mass is 415 g/mol. The van der Waals surface area contributed by atoms with Gasteiger partial charge in [-0.15, -0.1) is 0 Å². The van der Waals surface area contributed by atoms with E-state index in [1.807, 2.05) is 36.4 Å². The first kappa shape index (κ1) is 20.2. The number of allylic oxidation sites excluding steroid dienone is 1. The molecule has 2 heterocycles. The highest BCUT2D eigenvalue weighted by Gasteiger charge is 2.34. The molecular weight excluding hydrogens is 396 g/mol. The lowest BCUT2D eigenvalue weighted by Gasteiger charge is -2.28. The van der Waals surface area contributed by atoms with E-state index in [-0.39, 0.29) is 39.2 Å². The number of ether oxygens (including phenoxy) is 1. The first-order chi connectivity index (χ1) is 14.9. The van der Waals surface area contributed by atoms with Gasteiger partial charge in [-0.3, -0.25) is 10.0 Å². The van der Waals surface area contributed by atoms with E-state index >= 15 is 0 Å². The molecule has 31 heavy (non-hydrogen) atoms. The van der Waals surface area contributed by atoms with E-state index in [1.165, 1.54) is 12.1 Å². The third kappa shape index (κ3) is 3.64. The number of aryl methyl sites for hydroxylation is 1. The van der Waals surface area contributed by atoms with Crippen LogP contribution in [0.15, 0.2) is 76.9 Å². The molecule has 0 fully saturated rings. The van der Waals surface area contributed by atoms with Crippen LogP contribution < -0.4 is 21.3 Å². The number of pyridine rings is 1. The van der Waals surface area contributed by atoms with Gasteiger partial charge in [0.05, 0.1) is 23.7 Å². The fraction of sp³-hybridized carbons (Fsp3) is 0.130. The van der Waals surface area contributed by atoms with Crippen molar-refractivity contribution < 1.29 is 9.94 Å². The number of anilines is 1. The van der Waals surface area contributed by atoms with Crippen molar-refractivity contribution in [3.05, 3.63) is 110 Å². The van der Waals surface area contributed by atoms with Gasteiger partial charge in [-0.2, -0.15) is 5.26 Å². The number of hydrogen-bond acceptors (Lipinski definition) is 7. The standard InChI is InChI=1S/C23H19N4O4/c1-14-10-19-21(23(28)26(14)13-15-6-3-2-4-7-15)20(18(12-24)22(25)31-19)16-8-5-9-17(11-16)27(29)30/h2-11,20,29H,13,25H2,1H3/q-1/t20-/m0/s1.